The van der Waals surface area contributed by atoms with Crippen LogP contribution in [0.3, 0.4) is 0 Å². The fraction of sp³-hybridized carbons (Fsp3) is 0.391. The number of fused-ring (bicyclic) bond motifs is 5. The zero-order valence-electron chi connectivity index (χ0n) is 16.3. The first-order chi connectivity index (χ1) is 12.3. The monoisotopic (exact) mass is 348 g/mol. The fourth-order valence-corrected chi connectivity index (χ4v) is 4.15. The van der Waals surface area contributed by atoms with Crippen molar-refractivity contribution in [1.82, 2.24) is 10.2 Å². The van der Waals surface area contributed by atoms with Crippen LogP contribution in [0.25, 0.3) is 34.0 Å². The van der Waals surface area contributed by atoms with Crippen LogP contribution in [0.15, 0.2) is 40.8 Å². The molecule has 0 aliphatic carbocycles. The van der Waals surface area contributed by atoms with Crippen molar-refractivity contribution < 1.29 is 4.42 Å². The molecule has 0 spiro atoms. The van der Waals surface area contributed by atoms with Crippen molar-refractivity contribution in [2.75, 3.05) is 7.05 Å². The van der Waals surface area contributed by atoms with Crippen LogP contribution in [0.4, 0.5) is 0 Å². The molecule has 1 aromatic heterocycles. The van der Waals surface area contributed by atoms with E-state index in [4.69, 9.17) is 4.42 Å². The number of hydrogen-bond acceptors (Lipinski definition) is 3. The quantitative estimate of drug-likeness (QED) is 0.781. The van der Waals surface area contributed by atoms with Crippen LogP contribution in [0.1, 0.15) is 34.1 Å². The lowest BCUT2D eigenvalue weighted by Gasteiger charge is -2.32. The highest BCUT2D eigenvalue weighted by atomic mass is 16.3. The lowest BCUT2D eigenvalue weighted by molar-refractivity contribution is 0.271. The Morgan fingerprint density at radius 2 is 1.92 bits per heavy atom. The molecule has 3 nitrogen and oxygen atoms in total. The van der Waals surface area contributed by atoms with E-state index in [2.05, 4.69) is 93.6 Å². The van der Waals surface area contributed by atoms with Gasteiger partial charge in [0.1, 0.15) is 5.58 Å². The molecule has 0 amide bonds. The molecule has 0 bridgehead atoms. The highest BCUT2D eigenvalue weighted by Gasteiger charge is 2.21. The molecule has 2 atom stereocenters. The normalized spacial score (nSPS) is 18.5. The summed E-state index contributed by atoms with van der Waals surface area (Å²) in [6.07, 6.45) is 5.73. The smallest absolute Gasteiger partial charge is 0.151 e. The van der Waals surface area contributed by atoms with E-state index in [0.717, 1.165) is 17.4 Å². The molecule has 3 heteroatoms. The summed E-state index contributed by atoms with van der Waals surface area (Å²) >= 11 is 0. The Balaban J connectivity index is 1.81. The van der Waals surface area contributed by atoms with Crippen molar-refractivity contribution in [3.63, 3.8) is 0 Å². The van der Waals surface area contributed by atoms with Gasteiger partial charge in [-0.05, 0) is 41.7 Å². The minimum atomic E-state index is 0.166. The van der Waals surface area contributed by atoms with E-state index in [0.29, 0.717) is 11.5 Å². The first-order valence-corrected chi connectivity index (χ1v) is 9.44. The summed E-state index contributed by atoms with van der Waals surface area (Å²) in [6, 6.07) is 13.2. The van der Waals surface area contributed by atoms with Crippen LogP contribution < -0.4 is 16.0 Å². The molecule has 0 radical (unpaired) electrons. The second-order valence-electron chi connectivity index (χ2n) is 8.78. The number of furan rings is 1. The second kappa shape index (κ2) is 6.17. The summed E-state index contributed by atoms with van der Waals surface area (Å²) in [5.74, 6) is 0. The van der Waals surface area contributed by atoms with Gasteiger partial charge in [0.25, 0.3) is 0 Å². The Kier molecular flexibility index (Phi) is 4.07. The molecular formula is C23H28N2O. The van der Waals surface area contributed by atoms with E-state index in [1.54, 1.807) is 0 Å². The minimum absolute atomic E-state index is 0.166. The van der Waals surface area contributed by atoms with E-state index < -0.39 is 0 Å². The topological polar surface area (TPSA) is 28.4 Å². The molecule has 0 fully saturated rings. The Bertz CT molecular complexity index is 1070. The van der Waals surface area contributed by atoms with Crippen LogP contribution >= 0.6 is 0 Å². The predicted molar refractivity (Wildman–Crippen MR) is 110 cm³/mol. The van der Waals surface area contributed by atoms with Crippen molar-refractivity contribution >= 4 is 34.0 Å². The second-order valence-corrected chi connectivity index (χ2v) is 8.78. The van der Waals surface area contributed by atoms with E-state index >= 15 is 0 Å². The van der Waals surface area contributed by atoms with Crippen molar-refractivity contribution in [1.29, 1.82) is 0 Å². The molecular weight excluding hydrogens is 320 g/mol. The standard InChI is InChI=1S/C23H28N2O/c1-15(13-23(2,3)4)24-21-12-18-20(14-25(21)5)26-19-11-10-16-8-6-7-9-17(16)22(18)19/h6-12,14-15,21,24H,13H2,1-5H3/t15-,21?/m1/s1. The van der Waals surface area contributed by atoms with Gasteiger partial charge in [0.15, 0.2) is 5.42 Å². The third-order valence-electron chi connectivity index (χ3n) is 5.10. The van der Waals surface area contributed by atoms with Gasteiger partial charge in [0.2, 0.25) is 0 Å². The van der Waals surface area contributed by atoms with Gasteiger partial charge in [0.05, 0.1) is 6.17 Å². The molecule has 26 heavy (non-hydrogen) atoms. The number of rotatable bonds is 3. The van der Waals surface area contributed by atoms with Crippen molar-refractivity contribution in [3.8, 4) is 0 Å². The maximum absolute atomic E-state index is 6.15. The van der Waals surface area contributed by atoms with Crippen LogP contribution in [0, 0.1) is 5.41 Å². The van der Waals surface area contributed by atoms with Gasteiger partial charge in [-0.25, -0.2) is 0 Å². The lowest BCUT2D eigenvalue weighted by Crippen LogP contribution is -2.49. The lowest BCUT2D eigenvalue weighted by atomic mass is 9.88. The van der Waals surface area contributed by atoms with Crippen LogP contribution in [0.2, 0.25) is 0 Å². The van der Waals surface area contributed by atoms with Gasteiger partial charge in [0, 0.05) is 29.9 Å². The van der Waals surface area contributed by atoms with Crippen molar-refractivity contribution in [3.05, 3.63) is 47.0 Å². The number of nitrogens with one attached hydrogen (secondary N) is 1. The molecule has 136 valence electrons. The van der Waals surface area contributed by atoms with Gasteiger partial charge >= 0.3 is 0 Å². The van der Waals surface area contributed by atoms with E-state index in [9.17, 15) is 0 Å². The van der Waals surface area contributed by atoms with Crippen LogP contribution in [-0.2, 0) is 0 Å². The van der Waals surface area contributed by atoms with Gasteiger partial charge in [-0.3, -0.25) is 5.32 Å². The molecule has 1 aliphatic heterocycles. The van der Waals surface area contributed by atoms with E-state index in [-0.39, 0.29) is 6.17 Å². The molecule has 4 rings (SSSR count). The maximum atomic E-state index is 6.15. The summed E-state index contributed by atoms with van der Waals surface area (Å²) in [5.41, 5.74) is 2.21. The average Bonchev–Trinajstić information content (AvgIpc) is 2.91. The maximum Gasteiger partial charge on any atom is 0.151 e. The molecule has 0 saturated carbocycles. The first-order valence-electron chi connectivity index (χ1n) is 9.44. The van der Waals surface area contributed by atoms with E-state index in [1.807, 2.05) is 0 Å². The Morgan fingerprint density at radius 3 is 2.69 bits per heavy atom. The number of nitrogens with zero attached hydrogens (tertiary/aromatic N) is 1. The molecule has 2 aromatic carbocycles. The molecule has 2 heterocycles. The third kappa shape index (κ3) is 3.12. The average molecular weight is 348 g/mol. The summed E-state index contributed by atoms with van der Waals surface area (Å²) in [5, 5.41) is 8.70. The largest absolute Gasteiger partial charge is 0.455 e. The van der Waals surface area contributed by atoms with Crippen molar-refractivity contribution in [2.24, 2.45) is 5.41 Å². The Labute approximate surface area is 155 Å². The van der Waals surface area contributed by atoms with Gasteiger partial charge < -0.3 is 9.32 Å². The molecule has 1 aliphatic rings. The molecule has 1 unspecified atom stereocenters. The SMILES string of the molecule is C[C@H](CC(C)(C)C)NC1C=c2c(oc3ccc4ccccc4c23)=CN1C. The summed E-state index contributed by atoms with van der Waals surface area (Å²) in [4.78, 5) is 2.20. The molecule has 1 N–H and O–H groups in total. The fourth-order valence-electron chi connectivity index (χ4n) is 4.15. The number of hydrogen-bond donors (Lipinski definition) is 1. The summed E-state index contributed by atoms with van der Waals surface area (Å²) < 4.78 is 6.15. The highest BCUT2D eigenvalue weighted by Crippen LogP contribution is 2.23. The zero-order valence-corrected chi connectivity index (χ0v) is 16.3. The molecule has 3 aromatic rings. The minimum Gasteiger partial charge on any atom is -0.455 e. The first kappa shape index (κ1) is 17.2. The van der Waals surface area contributed by atoms with Gasteiger partial charge in [-0.2, -0.15) is 0 Å². The van der Waals surface area contributed by atoms with Gasteiger partial charge in [-0.1, -0.05) is 51.1 Å². The summed E-state index contributed by atoms with van der Waals surface area (Å²) in [7, 11) is 2.10. The number of benzene rings is 2. The zero-order chi connectivity index (χ0) is 18.5. The van der Waals surface area contributed by atoms with E-state index in [1.165, 1.54) is 21.4 Å². The predicted octanol–water partition coefficient (Wildman–Crippen LogP) is 3.79. The Hall–Kier alpha value is -2.26. The highest BCUT2D eigenvalue weighted by molar-refractivity contribution is 6.06. The molecule has 0 saturated heterocycles. The van der Waals surface area contributed by atoms with Crippen LogP contribution in [0.5, 0.6) is 0 Å². The van der Waals surface area contributed by atoms with Crippen molar-refractivity contribution in [2.45, 2.75) is 46.3 Å². The van der Waals surface area contributed by atoms with Gasteiger partial charge in [-0.15, -0.1) is 0 Å². The van der Waals surface area contributed by atoms with Crippen LogP contribution in [-0.4, -0.2) is 24.2 Å². The Morgan fingerprint density at radius 1 is 1.15 bits per heavy atom. The summed E-state index contributed by atoms with van der Waals surface area (Å²) in [6.45, 7) is 9.14. The third-order valence-corrected chi connectivity index (χ3v) is 5.10.